The average Bonchev–Trinajstić information content (AvgIpc) is 3.00. The van der Waals surface area contributed by atoms with Crippen LogP contribution in [0.4, 0.5) is 0 Å². The first-order chi connectivity index (χ1) is 11.0. The SMILES string of the molecule is O=C1/C(=C/C=C\c2ccccc2)SC(=S)N1[C@H]1CCS(=O)(=O)C1. The van der Waals surface area contributed by atoms with Crippen LogP contribution in [0.5, 0.6) is 0 Å². The molecule has 0 unspecified atom stereocenters. The van der Waals surface area contributed by atoms with Gasteiger partial charge in [-0.15, -0.1) is 0 Å². The number of hydrogen-bond acceptors (Lipinski definition) is 5. The molecule has 7 heteroatoms. The van der Waals surface area contributed by atoms with Gasteiger partial charge >= 0.3 is 0 Å². The Morgan fingerprint density at radius 1 is 1.26 bits per heavy atom. The van der Waals surface area contributed by atoms with Crippen LogP contribution in [-0.4, -0.2) is 41.1 Å². The summed E-state index contributed by atoms with van der Waals surface area (Å²) in [6, 6.07) is 9.45. The fourth-order valence-electron chi connectivity index (χ4n) is 2.60. The van der Waals surface area contributed by atoms with Gasteiger partial charge in [0, 0.05) is 0 Å². The maximum absolute atomic E-state index is 12.5. The van der Waals surface area contributed by atoms with E-state index in [1.807, 2.05) is 42.5 Å². The number of amides is 1. The Morgan fingerprint density at radius 3 is 2.65 bits per heavy atom. The van der Waals surface area contributed by atoms with E-state index in [1.54, 1.807) is 6.08 Å². The van der Waals surface area contributed by atoms with Crippen molar-refractivity contribution in [2.24, 2.45) is 0 Å². The van der Waals surface area contributed by atoms with Gasteiger partial charge in [-0.3, -0.25) is 9.69 Å². The Morgan fingerprint density at radius 2 is 2.00 bits per heavy atom. The Bertz CT molecular complexity index is 797. The van der Waals surface area contributed by atoms with Gasteiger partial charge in [0.1, 0.15) is 4.32 Å². The first kappa shape index (κ1) is 16.4. The number of rotatable bonds is 3. The third-order valence-corrected chi connectivity index (χ3v) is 6.83. The highest BCUT2D eigenvalue weighted by molar-refractivity contribution is 8.26. The van der Waals surface area contributed by atoms with Crippen molar-refractivity contribution in [3.8, 4) is 0 Å². The molecule has 1 aromatic carbocycles. The van der Waals surface area contributed by atoms with Gasteiger partial charge in [-0.1, -0.05) is 66.5 Å². The monoisotopic (exact) mass is 365 g/mol. The number of carbonyl (C=O) groups is 1. The summed E-state index contributed by atoms with van der Waals surface area (Å²) in [7, 11) is -3.05. The fourth-order valence-corrected chi connectivity index (χ4v) is 5.65. The van der Waals surface area contributed by atoms with Gasteiger partial charge in [0.25, 0.3) is 5.91 Å². The summed E-state index contributed by atoms with van der Waals surface area (Å²) in [5, 5.41) is 0. The van der Waals surface area contributed by atoms with Crippen molar-refractivity contribution >= 4 is 50.1 Å². The van der Waals surface area contributed by atoms with Gasteiger partial charge in [-0.25, -0.2) is 8.42 Å². The van der Waals surface area contributed by atoms with Crippen LogP contribution < -0.4 is 0 Å². The smallest absolute Gasteiger partial charge is 0.266 e. The Balaban J connectivity index is 1.74. The van der Waals surface area contributed by atoms with Crippen LogP contribution in [0.3, 0.4) is 0 Å². The highest BCUT2D eigenvalue weighted by Gasteiger charge is 2.41. The molecule has 0 aliphatic carbocycles. The second-order valence-corrected chi connectivity index (χ2v) is 9.31. The van der Waals surface area contributed by atoms with Crippen molar-refractivity contribution < 1.29 is 13.2 Å². The van der Waals surface area contributed by atoms with Gasteiger partial charge in [-0.2, -0.15) is 0 Å². The number of benzene rings is 1. The van der Waals surface area contributed by atoms with Crippen LogP contribution in [0, 0.1) is 0 Å². The van der Waals surface area contributed by atoms with E-state index < -0.39 is 9.84 Å². The van der Waals surface area contributed by atoms with Gasteiger partial charge < -0.3 is 0 Å². The normalized spacial score (nSPS) is 25.8. The summed E-state index contributed by atoms with van der Waals surface area (Å²) in [5.74, 6) is -0.0614. The molecule has 0 spiro atoms. The van der Waals surface area contributed by atoms with Crippen LogP contribution >= 0.6 is 24.0 Å². The number of nitrogens with zero attached hydrogens (tertiary/aromatic N) is 1. The highest BCUT2D eigenvalue weighted by atomic mass is 32.2. The van der Waals surface area contributed by atoms with E-state index in [2.05, 4.69) is 0 Å². The zero-order valence-electron chi connectivity index (χ0n) is 12.2. The van der Waals surface area contributed by atoms with Gasteiger partial charge in [-0.05, 0) is 18.1 Å². The van der Waals surface area contributed by atoms with E-state index >= 15 is 0 Å². The van der Waals surface area contributed by atoms with Crippen molar-refractivity contribution in [3.05, 3.63) is 53.0 Å². The molecule has 2 aliphatic heterocycles. The molecule has 2 heterocycles. The predicted octanol–water partition coefficient (Wildman–Crippen LogP) is 2.63. The molecule has 2 fully saturated rings. The summed E-state index contributed by atoms with van der Waals surface area (Å²) in [5.41, 5.74) is 1.04. The van der Waals surface area contributed by atoms with Crippen LogP contribution in [0.25, 0.3) is 6.08 Å². The molecule has 2 aliphatic rings. The topological polar surface area (TPSA) is 54.5 Å². The zero-order valence-corrected chi connectivity index (χ0v) is 14.7. The molecule has 23 heavy (non-hydrogen) atoms. The van der Waals surface area contributed by atoms with Crippen molar-refractivity contribution in [3.63, 3.8) is 0 Å². The van der Waals surface area contributed by atoms with E-state index in [9.17, 15) is 13.2 Å². The molecule has 1 atom stereocenters. The van der Waals surface area contributed by atoms with Crippen molar-refractivity contribution in [1.29, 1.82) is 0 Å². The van der Waals surface area contributed by atoms with Crippen LogP contribution in [0.15, 0.2) is 47.4 Å². The molecule has 0 radical (unpaired) electrons. The summed E-state index contributed by atoms with van der Waals surface area (Å²) in [6.45, 7) is 0. The molecule has 0 N–H and O–H groups in total. The number of thiocarbonyl (C=S) groups is 1. The van der Waals surface area contributed by atoms with Crippen molar-refractivity contribution in [2.75, 3.05) is 11.5 Å². The third kappa shape index (κ3) is 3.73. The van der Waals surface area contributed by atoms with Gasteiger partial charge in [0.2, 0.25) is 0 Å². The van der Waals surface area contributed by atoms with E-state index in [0.717, 1.165) is 5.56 Å². The molecule has 1 aromatic rings. The number of hydrogen-bond donors (Lipinski definition) is 0. The summed E-state index contributed by atoms with van der Waals surface area (Å²) >= 11 is 6.49. The minimum absolute atomic E-state index is 0.00652. The lowest BCUT2D eigenvalue weighted by Crippen LogP contribution is -2.39. The Kier molecular flexibility index (Phi) is 4.70. The number of allylic oxidation sites excluding steroid dienone is 2. The Labute approximate surface area is 145 Å². The van der Waals surface area contributed by atoms with E-state index in [-0.39, 0.29) is 23.5 Å². The summed E-state index contributed by atoms with van der Waals surface area (Å²) in [4.78, 5) is 14.5. The maximum Gasteiger partial charge on any atom is 0.266 e. The molecule has 120 valence electrons. The molecule has 2 saturated heterocycles. The van der Waals surface area contributed by atoms with Crippen LogP contribution in [-0.2, 0) is 14.6 Å². The van der Waals surface area contributed by atoms with Crippen molar-refractivity contribution in [2.45, 2.75) is 12.5 Å². The second-order valence-electron chi connectivity index (χ2n) is 5.40. The van der Waals surface area contributed by atoms with Crippen molar-refractivity contribution in [1.82, 2.24) is 4.90 Å². The first-order valence-electron chi connectivity index (χ1n) is 7.15. The molecule has 3 rings (SSSR count). The largest absolute Gasteiger partial charge is 0.289 e. The van der Waals surface area contributed by atoms with Crippen LogP contribution in [0.1, 0.15) is 12.0 Å². The van der Waals surface area contributed by atoms with E-state index in [4.69, 9.17) is 12.2 Å². The summed E-state index contributed by atoms with van der Waals surface area (Å²) in [6.07, 6.45) is 5.91. The molecular weight excluding hydrogens is 350 g/mol. The van der Waals surface area contributed by atoms with E-state index in [0.29, 0.717) is 15.6 Å². The second kappa shape index (κ2) is 6.59. The fraction of sp³-hybridized carbons (Fsp3) is 0.250. The predicted molar refractivity (Wildman–Crippen MR) is 97.7 cm³/mol. The molecule has 0 saturated carbocycles. The molecule has 1 amide bonds. The molecule has 0 aromatic heterocycles. The zero-order chi connectivity index (χ0) is 16.4. The van der Waals surface area contributed by atoms with Gasteiger partial charge in [0.15, 0.2) is 9.84 Å². The maximum atomic E-state index is 12.5. The van der Waals surface area contributed by atoms with Crippen LogP contribution in [0.2, 0.25) is 0 Å². The number of carbonyl (C=O) groups excluding carboxylic acids is 1. The number of thioether (sulfide) groups is 1. The van der Waals surface area contributed by atoms with E-state index in [1.165, 1.54) is 16.7 Å². The minimum atomic E-state index is -3.05. The standard InChI is InChI=1S/C16H15NO3S3/c18-15-14(8-4-7-12-5-2-1-3-6-12)22-16(21)17(15)13-9-10-23(19,20)11-13/h1-8,13H,9-11H2/b7-4-,14-8-/t13-/m0/s1. The summed E-state index contributed by atoms with van der Waals surface area (Å²) < 4.78 is 23.7. The lowest BCUT2D eigenvalue weighted by molar-refractivity contribution is -0.123. The average molecular weight is 366 g/mol. The molecule has 0 bridgehead atoms. The Hall–Kier alpha value is -1.44. The van der Waals surface area contributed by atoms with Gasteiger partial charge in [0.05, 0.1) is 22.5 Å². The quantitative estimate of drug-likeness (QED) is 0.609. The third-order valence-electron chi connectivity index (χ3n) is 3.73. The first-order valence-corrected chi connectivity index (χ1v) is 10.2. The highest BCUT2D eigenvalue weighted by Crippen LogP contribution is 2.35. The minimum Gasteiger partial charge on any atom is -0.289 e. The molecule has 4 nitrogen and oxygen atoms in total. The molecular formula is C16H15NO3S3. The number of sulfone groups is 1. The lowest BCUT2D eigenvalue weighted by Gasteiger charge is -2.20. The lowest BCUT2D eigenvalue weighted by atomic mass is 10.2.